The van der Waals surface area contributed by atoms with Crippen LogP contribution >= 0.6 is 7.60 Å². The minimum atomic E-state index is -2.91. The van der Waals surface area contributed by atoms with E-state index in [1.54, 1.807) is 0 Å². The molecule has 0 radical (unpaired) electrons. The second-order valence-electron chi connectivity index (χ2n) is 5.30. The quantitative estimate of drug-likeness (QED) is 0.380. The van der Waals surface area contributed by atoms with Crippen molar-refractivity contribution in [2.24, 2.45) is 0 Å². The Morgan fingerprint density at radius 1 is 0.905 bits per heavy atom. The number of hydrogen-bond donors (Lipinski definition) is 0. The van der Waals surface area contributed by atoms with Gasteiger partial charge in [-0.25, -0.2) is 0 Å². The van der Waals surface area contributed by atoms with Crippen LogP contribution in [0, 0.1) is 0 Å². The lowest BCUT2D eigenvalue weighted by Gasteiger charge is -2.18. The number of benzene rings is 1. The molecule has 1 unspecified atom stereocenters. The van der Waals surface area contributed by atoms with E-state index in [2.05, 4.69) is 26.0 Å². The molecule has 0 fully saturated rings. The molecule has 1 atom stereocenters. The molecule has 0 saturated carbocycles. The third-order valence-electron chi connectivity index (χ3n) is 3.34. The van der Waals surface area contributed by atoms with Crippen LogP contribution in [0.1, 0.15) is 51.5 Å². The SMILES string of the molecule is CCCCCOP(=O)(CCCC)OCCc1ccccc1. The van der Waals surface area contributed by atoms with Crippen LogP contribution in [0.4, 0.5) is 0 Å². The first-order valence-corrected chi connectivity index (χ1v) is 9.85. The first-order chi connectivity index (χ1) is 10.2. The molecule has 0 bridgehead atoms. The lowest BCUT2D eigenvalue weighted by molar-refractivity contribution is 0.202. The maximum absolute atomic E-state index is 12.7. The van der Waals surface area contributed by atoms with E-state index in [0.717, 1.165) is 38.5 Å². The Hall–Kier alpha value is -0.630. The normalized spacial score (nSPS) is 14.0. The van der Waals surface area contributed by atoms with Crippen molar-refractivity contribution in [3.63, 3.8) is 0 Å². The van der Waals surface area contributed by atoms with Gasteiger partial charge in [-0.05, 0) is 24.8 Å². The second kappa shape index (κ2) is 11.0. The van der Waals surface area contributed by atoms with Gasteiger partial charge >= 0.3 is 7.60 Å². The van der Waals surface area contributed by atoms with Crippen LogP contribution in [-0.2, 0) is 20.0 Å². The van der Waals surface area contributed by atoms with Gasteiger partial charge in [0.25, 0.3) is 0 Å². The Bertz CT molecular complexity index is 406. The van der Waals surface area contributed by atoms with E-state index in [9.17, 15) is 4.57 Å². The molecule has 0 amide bonds. The van der Waals surface area contributed by atoms with Gasteiger partial charge in [0.15, 0.2) is 0 Å². The third-order valence-corrected chi connectivity index (χ3v) is 5.36. The van der Waals surface area contributed by atoms with Crippen molar-refractivity contribution >= 4 is 7.60 Å². The third kappa shape index (κ3) is 8.40. The summed E-state index contributed by atoms with van der Waals surface area (Å²) < 4.78 is 23.9. The van der Waals surface area contributed by atoms with Gasteiger partial charge in [-0.3, -0.25) is 4.57 Å². The van der Waals surface area contributed by atoms with Gasteiger partial charge in [-0.1, -0.05) is 63.4 Å². The molecule has 0 aromatic heterocycles. The molecule has 0 saturated heterocycles. The lowest BCUT2D eigenvalue weighted by atomic mass is 10.2. The standard InChI is InChI=1S/C17H29O3P/c1-3-5-10-14-19-21(18,16-6-4-2)20-15-13-17-11-8-7-9-12-17/h7-9,11-12H,3-6,10,13-16H2,1-2H3. The number of hydrogen-bond acceptors (Lipinski definition) is 3. The van der Waals surface area contributed by atoms with E-state index in [1.807, 2.05) is 18.2 Å². The maximum Gasteiger partial charge on any atom is 0.330 e. The van der Waals surface area contributed by atoms with Crippen molar-refractivity contribution in [1.82, 2.24) is 0 Å². The fourth-order valence-electron chi connectivity index (χ4n) is 2.02. The van der Waals surface area contributed by atoms with E-state index < -0.39 is 7.60 Å². The zero-order chi connectivity index (χ0) is 15.4. The molecule has 21 heavy (non-hydrogen) atoms. The first-order valence-electron chi connectivity index (χ1n) is 8.12. The largest absolute Gasteiger partial charge is 0.330 e. The highest BCUT2D eigenvalue weighted by Crippen LogP contribution is 2.49. The zero-order valence-corrected chi connectivity index (χ0v) is 14.3. The molecular weight excluding hydrogens is 283 g/mol. The monoisotopic (exact) mass is 312 g/mol. The summed E-state index contributed by atoms with van der Waals surface area (Å²) in [5.74, 6) is 0. The molecule has 0 aliphatic heterocycles. The lowest BCUT2D eigenvalue weighted by Crippen LogP contribution is -2.04. The van der Waals surface area contributed by atoms with E-state index in [0.29, 0.717) is 19.4 Å². The number of unbranched alkanes of at least 4 members (excludes halogenated alkanes) is 3. The Kier molecular flexibility index (Phi) is 9.65. The van der Waals surface area contributed by atoms with Gasteiger partial charge in [0.1, 0.15) is 0 Å². The maximum atomic E-state index is 12.7. The summed E-state index contributed by atoms with van der Waals surface area (Å²) in [4.78, 5) is 0. The van der Waals surface area contributed by atoms with Crippen molar-refractivity contribution in [1.29, 1.82) is 0 Å². The van der Waals surface area contributed by atoms with Crippen LogP contribution in [0.3, 0.4) is 0 Å². The highest BCUT2D eigenvalue weighted by molar-refractivity contribution is 7.53. The molecule has 0 spiro atoms. The van der Waals surface area contributed by atoms with E-state index in [4.69, 9.17) is 9.05 Å². The predicted molar refractivity (Wildman–Crippen MR) is 89.0 cm³/mol. The van der Waals surface area contributed by atoms with Crippen LogP contribution in [0.5, 0.6) is 0 Å². The summed E-state index contributed by atoms with van der Waals surface area (Å²) in [5, 5.41) is 0. The highest BCUT2D eigenvalue weighted by Gasteiger charge is 2.23. The summed E-state index contributed by atoms with van der Waals surface area (Å²) in [6, 6.07) is 10.1. The van der Waals surface area contributed by atoms with Crippen LogP contribution < -0.4 is 0 Å². The van der Waals surface area contributed by atoms with Crippen LogP contribution in [0.25, 0.3) is 0 Å². The van der Waals surface area contributed by atoms with Gasteiger partial charge in [-0.15, -0.1) is 0 Å². The average Bonchev–Trinajstić information content (AvgIpc) is 2.51. The van der Waals surface area contributed by atoms with Crippen molar-refractivity contribution < 1.29 is 13.6 Å². The molecule has 120 valence electrons. The highest BCUT2D eigenvalue weighted by atomic mass is 31.2. The summed E-state index contributed by atoms with van der Waals surface area (Å²) in [7, 11) is -2.91. The predicted octanol–water partition coefficient (Wildman–Crippen LogP) is 5.45. The summed E-state index contributed by atoms with van der Waals surface area (Å²) in [6.07, 6.45) is 6.39. The molecule has 3 nitrogen and oxygen atoms in total. The van der Waals surface area contributed by atoms with Crippen LogP contribution in [0.15, 0.2) is 30.3 Å². The van der Waals surface area contributed by atoms with Crippen LogP contribution in [0.2, 0.25) is 0 Å². The molecule has 4 heteroatoms. The minimum Gasteiger partial charge on any atom is -0.309 e. The molecule has 1 aromatic rings. The first kappa shape index (κ1) is 18.4. The summed E-state index contributed by atoms with van der Waals surface area (Å²) in [5.41, 5.74) is 1.20. The zero-order valence-electron chi connectivity index (χ0n) is 13.4. The van der Waals surface area contributed by atoms with Crippen molar-refractivity contribution in [3.05, 3.63) is 35.9 Å². The fourth-order valence-corrected chi connectivity index (χ4v) is 3.83. The van der Waals surface area contributed by atoms with Crippen molar-refractivity contribution in [3.8, 4) is 0 Å². The fraction of sp³-hybridized carbons (Fsp3) is 0.647. The van der Waals surface area contributed by atoms with Gasteiger partial charge in [0.2, 0.25) is 0 Å². The Labute approximate surface area is 129 Å². The van der Waals surface area contributed by atoms with E-state index in [1.165, 1.54) is 5.56 Å². The summed E-state index contributed by atoms with van der Waals surface area (Å²) in [6.45, 7) is 5.23. The summed E-state index contributed by atoms with van der Waals surface area (Å²) >= 11 is 0. The van der Waals surface area contributed by atoms with E-state index >= 15 is 0 Å². The molecule has 0 heterocycles. The molecule has 1 rings (SSSR count). The minimum absolute atomic E-state index is 0.457. The smallest absolute Gasteiger partial charge is 0.309 e. The Morgan fingerprint density at radius 2 is 1.57 bits per heavy atom. The number of rotatable bonds is 12. The van der Waals surface area contributed by atoms with Gasteiger partial charge in [0, 0.05) is 0 Å². The van der Waals surface area contributed by atoms with Crippen molar-refractivity contribution in [2.75, 3.05) is 19.4 Å². The average molecular weight is 312 g/mol. The molecule has 0 aliphatic carbocycles. The topological polar surface area (TPSA) is 35.5 Å². The Morgan fingerprint density at radius 3 is 2.24 bits per heavy atom. The van der Waals surface area contributed by atoms with Gasteiger partial charge < -0.3 is 9.05 Å². The molecule has 0 N–H and O–H groups in total. The Balaban J connectivity index is 2.38. The second-order valence-corrected chi connectivity index (χ2v) is 7.48. The van der Waals surface area contributed by atoms with E-state index in [-0.39, 0.29) is 0 Å². The van der Waals surface area contributed by atoms with Crippen LogP contribution in [-0.4, -0.2) is 19.4 Å². The molecule has 0 aliphatic rings. The van der Waals surface area contributed by atoms with Gasteiger partial charge in [0.05, 0.1) is 19.4 Å². The molecule has 1 aromatic carbocycles. The van der Waals surface area contributed by atoms with Gasteiger partial charge in [-0.2, -0.15) is 0 Å². The molecular formula is C17H29O3P. The van der Waals surface area contributed by atoms with Crippen molar-refractivity contribution in [2.45, 2.75) is 52.4 Å².